The van der Waals surface area contributed by atoms with E-state index in [0.717, 1.165) is 6.54 Å². The van der Waals surface area contributed by atoms with Gasteiger partial charge in [-0.15, -0.1) is 0 Å². The van der Waals surface area contributed by atoms with Crippen LogP contribution in [0.2, 0.25) is 0 Å². The van der Waals surface area contributed by atoms with Crippen molar-refractivity contribution in [3.63, 3.8) is 0 Å². The Morgan fingerprint density at radius 3 is 2.44 bits per heavy atom. The van der Waals surface area contributed by atoms with Crippen molar-refractivity contribution in [1.29, 1.82) is 0 Å². The van der Waals surface area contributed by atoms with Crippen molar-refractivity contribution in [1.82, 2.24) is 15.1 Å². The zero-order valence-corrected chi connectivity index (χ0v) is 11.2. The molecule has 2 amide bonds. The summed E-state index contributed by atoms with van der Waals surface area (Å²) in [4.78, 5) is 27.3. The van der Waals surface area contributed by atoms with Crippen molar-refractivity contribution in [3.05, 3.63) is 0 Å². The van der Waals surface area contributed by atoms with Crippen LogP contribution in [0.5, 0.6) is 0 Å². The number of carbonyl (C=O) groups excluding carboxylic acids is 2. The Morgan fingerprint density at radius 2 is 1.94 bits per heavy atom. The predicted octanol–water partition coefficient (Wildman–Crippen LogP) is -0.742. The highest BCUT2D eigenvalue weighted by molar-refractivity contribution is 5.80. The molecule has 0 aromatic carbocycles. The Morgan fingerprint density at radius 1 is 1.28 bits per heavy atom. The second kappa shape index (κ2) is 5.24. The van der Waals surface area contributed by atoms with Crippen LogP contribution in [0.25, 0.3) is 0 Å². The molecule has 3 unspecified atom stereocenters. The van der Waals surface area contributed by atoms with Gasteiger partial charge in [0.1, 0.15) is 6.23 Å². The molecule has 0 bridgehead atoms. The highest BCUT2D eigenvalue weighted by Gasteiger charge is 2.42. The lowest BCUT2D eigenvalue weighted by molar-refractivity contribution is -0.130. The molecule has 2 saturated heterocycles. The zero-order valence-electron chi connectivity index (χ0n) is 11.2. The monoisotopic (exact) mass is 255 g/mol. The number of nitrogens with one attached hydrogen (secondary N) is 1. The molecule has 0 aromatic heterocycles. The maximum Gasteiger partial charge on any atom is 0.225 e. The topological polar surface area (TPSA) is 65.2 Å². The van der Waals surface area contributed by atoms with Crippen molar-refractivity contribution in [2.45, 2.75) is 26.2 Å². The highest BCUT2D eigenvalue weighted by atomic mass is 16.6. The quantitative estimate of drug-likeness (QED) is 0.660. The summed E-state index contributed by atoms with van der Waals surface area (Å²) in [6.07, 6.45) is 0.350. The van der Waals surface area contributed by atoms with Crippen LogP contribution >= 0.6 is 0 Å². The maximum atomic E-state index is 11.8. The molecule has 1 N–H and O–H groups in total. The Hall–Kier alpha value is -1.14. The van der Waals surface area contributed by atoms with Gasteiger partial charge in [-0.2, -0.15) is 0 Å². The Kier molecular flexibility index (Phi) is 3.87. The van der Waals surface area contributed by atoms with E-state index in [0.29, 0.717) is 19.6 Å². The van der Waals surface area contributed by atoms with Crippen LogP contribution in [0, 0.1) is 5.92 Å². The second-order valence-electron chi connectivity index (χ2n) is 5.00. The summed E-state index contributed by atoms with van der Waals surface area (Å²) in [7, 11) is 1.63. The minimum atomic E-state index is -0.183. The van der Waals surface area contributed by atoms with Crippen molar-refractivity contribution >= 4 is 11.8 Å². The van der Waals surface area contributed by atoms with Gasteiger partial charge in [-0.05, 0) is 6.92 Å². The van der Waals surface area contributed by atoms with E-state index in [9.17, 15) is 9.59 Å². The number of rotatable bonds is 2. The normalized spacial score (nSPS) is 32.8. The van der Waals surface area contributed by atoms with E-state index in [4.69, 9.17) is 4.74 Å². The van der Waals surface area contributed by atoms with E-state index in [2.05, 4.69) is 10.2 Å². The summed E-state index contributed by atoms with van der Waals surface area (Å²) in [5, 5.41) is 2.67. The largest absolute Gasteiger partial charge is 0.359 e. The lowest BCUT2D eigenvalue weighted by Crippen LogP contribution is -2.41. The molecule has 3 atom stereocenters. The van der Waals surface area contributed by atoms with Gasteiger partial charge < -0.3 is 15.0 Å². The van der Waals surface area contributed by atoms with Gasteiger partial charge in [0, 0.05) is 40.2 Å². The van der Waals surface area contributed by atoms with Crippen LogP contribution < -0.4 is 5.32 Å². The third-order valence-electron chi connectivity index (χ3n) is 3.65. The summed E-state index contributed by atoms with van der Waals surface area (Å²) < 4.78 is 5.46. The summed E-state index contributed by atoms with van der Waals surface area (Å²) >= 11 is 0. The molecule has 0 radical (unpaired) electrons. The fourth-order valence-electron chi connectivity index (χ4n) is 2.48. The molecule has 2 fully saturated rings. The third kappa shape index (κ3) is 2.81. The van der Waals surface area contributed by atoms with Crippen molar-refractivity contribution in [2.75, 3.05) is 33.2 Å². The first-order valence-electron chi connectivity index (χ1n) is 6.39. The van der Waals surface area contributed by atoms with Gasteiger partial charge in [-0.3, -0.25) is 14.5 Å². The fourth-order valence-corrected chi connectivity index (χ4v) is 2.48. The van der Waals surface area contributed by atoms with Crippen LogP contribution in [0.15, 0.2) is 0 Å². The summed E-state index contributed by atoms with van der Waals surface area (Å²) in [6, 6.07) is 0. The van der Waals surface area contributed by atoms with Gasteiger partial charge in [-0.1, -0.05) is 0 Å². The van der Waals surface area contributed by atoms with Crippen LogP contribution in [0.1, 0.15) is 13.8 Å². The van der Waals surface area contributed by atoms with Gasteiger partial charge >= 0.3 is 0 Å². The first-order valence-corrected chi connectivity index (χ1v) is 6.39. The van der Waals surface area contributed by atoms with E-state index in [-0.39, 0.29) is 30.1 Å². The fraction of sp³-hybridized carbons (Fsp3) is 0.833. The SMILES string of the molecule is CNC(=O)C1CN(C(C)=O)CCN(C2OC2C)C1. The van der Waals surface area contributed by atoms with E-state index in [1.807, 2.05) is 6.92 Å². The van der Waals surface area contributed by atoms with Gasteiger partial charge in [-0.25, -0.2) is 0 Å². The number of carbonyl (C=O) groups is 2. The van der Waals surface area contributed by atoms with Crippen molar-refractivity contribution in [2.24, 2.45) is 5.92 Å². The maximum absolute atomic E-state index is 11.8. The van der Waals surface area contributed by atoms with Crippen molar-refractivity contribution in [3.8, 4) is 0 Å². The number of hydrogen-bond donors (Lipinski definition) is 1. The molecular formula is C12H21N3O3. The minimum absolute atomic E-state index is 0.0125. The van der Waals surface area contributed by atoms with Gasteiger partial charge in [0.15, 0.2) is 0 Å². The number of epoxide rings is 1. The molecule has 0 saturated carbocycles. The summed E-state index contributed by atoms with van der Waals surface area (Å²) in [5.41, 5.74) is 0. The number of hydrogen-bond acceptors (Lipinski definition) is 4. The molecule has 6 nitrogen and oxygen atoms in total. The van der Waals surface area contributed by atoms with Crippen LogP contribution in [-0.2, 0) is 14.3 Å². The minimum Gasteiger partial charge on any atom is -0.359 e. The molecule has 6 heteroatoms. The molecule has 18 heavy (non-hydrogen) atoms. The average molecular weight is 255 g/mol. The first-order chi connectivity index (χ1) is 8.52. The average Bonchev–Trinajstić information content (AvgIpc) is 3.08. The van der Waals surface area contributed by atoms with E-state index in [1.165, 1.54) is 0 Å². The molecule has 2 aliphatic heterocycles. The molecule has 2 rings (SSSR count). The lowest BCUT2D eigenvalue weighted by atomic mass is 10.1. The van der Waals surface area contributed by atoms with Gasteiger partial charge in [0.05, 0.1) is 12.0 Å². The van der Waals surface area contributed by atoms with Gasteiger partial charge in [0.25, 0.3) is 0 Å². The van der Waals surface area contributed by atoms with Crippen LogP contribution in [0.4, 0.5) is 0 Å². The smallest absolute Gasteiger partial charge is 0.225 e. The molecule has 102 valence electrons. The van der Waals surface area contributed by atoms with Crippen molar-refractivity contribution < 1.29 is 14.3 Å². The summed E-state index contributed by atoms with van der Waals surface area (Å²) in [5.74, 6) is -0.172. The first kappa shape index (κ1) is 13.3. The zero-order chi connectivity index (χ0) is 13.3. The molecule has 2 aliphatic rings. The van der Waals surface area contributed by atoms with E-state index >= 15 is 0 Å². The lowest BCUT2D eigenvalue weighted by Gasteiger charge is -2.21. The van der Waals surface area contributed by atoms with Crippen LogP contribution in [-0.4, -0.2) is 67.2 Å². The highest BCUT2D eigenvalue weighted by Crippen LogP contribution is 2.27. The standard InChI is InChI=1S/C12H21N3O3/c1-8-12(18-8)15-5-4-14(9(2)16)6-10(7-15)11(17)13-3/h8,10,12H,4-7H2,1-3H3,(H,13,17). The van der Waals surface area contributed by atoms with E-state index in [1.54, 1.807) is 18.9 Å². The number of nitrogens with zero attached hydrogens (tertiary/aromatic N) is 2. The number of amides is 2. The summed E-state index contributed by atoms with van der Waals surface area (Å²) in [6.45, 7) is 6.14. The molecule has 2 heterocycles. The van der Waals surface area contributed by atoms with Gasteiger partial charge in [0.2, 0.25) is 11.8 Å². The third-order valence-corrected chi connectivity index (χ3v) is 3.65. The predicted molar refractivity (Wildman–Crippen MR) is 65.7 cm³/mol. The Labute approximate surface area is 107 Å². The number of ether oxygens (including phenoxy) is 1. The van der Waals surface area contributed by atoms with E-state index < -0.39 is 0 Å². The molecule has 0 aromatic rings. The Balaban J connectivity index is 2.06. The second-order valence-corrected chi connectivity index (χ2v) is 5.00. The molecular weight excluding hydrogens is 234 g/mol. The Bertz CT molecular complexity index is 347. The molecule has 0 spiro atoms. The van der Waals surface area contributed by atoms with Crippen LogP contribution in [0.3, 0.4) is 0 Å². The molecule has 0 aliphatic carbocycles.